The van der Waals surface area contributed by atoms with Crippen LogP contribution in [0.2, 0.25) is 0 Å². The van der Waals surface area contributed by atoms with E-state index in [-0.39, 0.29) is 0 Å². The standard InChI is InChI=1S/C34H20N6/c1-2-9-21(10-3-1)39-27-14-6-4-11-22(27)30-25-18-36-20-38-32(25)31-23-12-5-7-15-28(23)40(34(31)33(30)39)29-16-8-13-26-24(29)17-35-19-37-26/h1-20H. The molecule has 0 aliphatic heterocycles. The topological polar surface area (TPSA) is 61.4 Å². The Hall–Kier alpha value is -5.62. The Morgan fingerprint density at radius 2 is 1.12 bits per heavy atom. The maximum Gasteiger partial charge on any atom is 0.116 e. The van der Waals surface area contributed by atoms with Crippen LogP contribution in [0.15, 0.2) is 122 Å². The molecular weight excluding hydrogens is 492 g/mol. The minimum Gasteiger partial charge on any atom is -0.307 e. The third kappa shape index (κ3) is 2.71. The van der Waals surface area contributed by atoms with Gasteiger partial charge in [-0.05, 0) is 36.4 Å². The van der Waals surface area contributed by atoms with E-state index >= 15 is 0 Å². The van der Waals surface area contributed by atoms with Crippen molar-refractivity contribution in [1.82, 2.24) is 29.1 Å². The first-order chi connectivity index (χ1) is 19.9. The molecular formula is C34H20N6. The first-order valence-corrected chi connectivity index (χ1v) is 13.2. The number of benzene rings is 5. The average molecular weight is 513 g/mol. The fraction of sp³-hybridized carbons (Fsp3) is 0. The monoisotopic (exact) mass is 512 g/mol. The lowest BCUT2D eigenvalue weighted by Crippen LogP contribution is -2.00. The molecule has 5 aromatic carbocycles. The molecule has 0 unspecified atom stereocenters. The van der Waals surface area contributed by atoms with Crippen LogP contribution in [-0.4, -0.2) is 29.1 Å². The van der Waals surface area contributed by atoms with Gasteiger partial charge in [0.05, 0.1) is 38.8 Å². The SMILES string of the molecule is c1ccc(-n2c3ccccc3c3c4cncnc4c4c5ccccc5n(-c5cccc6ncncc56)c4c32)cc1. The zero-order valence-electron chi connectivity index (χ0n) is 21.2. The van der Waals surface area contributed by atoms with Crippen molar-refractivity contribution >= 4 is 65.4 Å². The minimum atomic E-state index is 0.904. The molecule has 0 saturated heterocycles. The van der Waals surface area contributed by atoms with E-state index in [9.17, 15) is 0 Å². The molecule has 0 bridgehead atoms. The Balaban J connectivity index is 1.67. The molecule has 0 aliphatic carbocycles. The van der Waals surface area contributed by atoms with E-state index in [1.54, 1.807) is 12.7 Å². The van der Waals surface area contributed by atoms with Gasteiger partial charge in [0.25, 0.3) is 0 Å². The highest BCUT2D eigenvalue weighted by Gasteiger charge is 2.25. The van der Waals surface area contributed by atoms with Gasteiger partial charge in [-0.1, -0.05) is 60.7 Å². The summed E-state index contributed by atoms with van der Waals surface area (Å²) in [5.41, 5.74) is 8.44. The molecule has 0 saturated carbocycles. The normalized spacial score (nSPS) is 12.0. The van der Waals surface area contributed by atoms with E-state index in [2.05, 4.69) is 115 Å². The minimum absolute atomic E-state index is 0.904. The molecule has 4 aromatic heterocycles. The second kappa shape index (κ2) is 7.94. The van der Waals surface area contributed by atoms with E-state index in [4.69, 9.17) is 4.98 Å². The van der Waals surface area contributed by atoms with Crippen LogP contribution in [-0.2, 0) is 0 Å². The quantitative estimate of drug-likeness (QED) is 0.237. The van der Waals surface area contributed by atoms with E-state index < -0.39 is 0 Å². The summed E-state index contributed by atoms with van der Waals surface area (Å²) in [6.45, 7) is 0. The van der Waals surface area contributed by atoms with Gasteiger partial charge >= 0.3 is 0 Å². The molecule has 40 heavy (non-hydrogen) atoms. The van der Waals surface area contributed by atoms with E-state index in [0.717, 1.165) is 71.4 Å². The van der Waals surface area contributed by atoms with Crippen molar-refractivity contribution in [3.05, 3.63) is 122 Å². The van der Waals surface area contributed by atoms with Crippen LogP contribution in [0.3, 0.4) is 0 Å². The summed E-state index contributed by atoms with van der Waals surface area (Å²) >= 11 is 0. The molecule has 0 spiro atoms. The molecule has 0 aliphatic rings. The maximum absolute atomic E-state index is 4.91. The smallest absolute Gasteiger partial charge is 0.116 e. The highest BCUT2D eigenvalue weighted by atomic mass is 15.1. The Bertz CT molecular complexity index is 2430. The van der Waals surface area contributed by atoms with Crippen molar-refractivity contribution in [2.45, 2.75) is 0 Å². The molecule has 0 atom stereocenters. The van der Waals surface area contributed by atoms with Crippen molar-refractivity contribution < 1.29 is 0 Å². The number of hydrogen-bond acceptors (Lipinski definition) is 4. The summed E-state index contributed by atoms with van der Waals surface area (Å²) in [6.07, 6.45) is 7.13. The van der Waals surface area contributed by atoms with Gasteiger partial charge in [-0.3, -0.25) is 0 Å². The van der Waals surface area contributed by atoms with Crippen LogP contribution < -0.4 is 0 Å². The molecule has 0 N–H and O–H groups in total. The largest absolute Gasteiger partial charge is 0.307 e. The fourth-order valence-electron chi connectivity index (χ4n) is 6.43. The van der Waals surface area contributed by atoms with Crippen molar-refractivity contribution in [1.29, 1.82) is 0 Å². The Kier molecular flexibility index (Phi) is 4.24. The predicted octanol–water partition coefficient (Wildman–Crippen LogP) is 7.77. The van der Waals surface area contributed by atoms with Crippen molar-refractivity contribution in [3.8, 4) is 11.4 Å². The summed E-state index contributed by atoms with van der Waals surface area (Å²) in [5, 5.41) is 6.59. The first kappa shape index (κ1) is 21.3. The summed E-state index contributed by atoms with van der Waals surface area (Å²) in [7, 11) is 0. The molecule has 6 heteroatoms. The summed E-state index contributed by atoms with van der Waals surface area (Å²) in [4.78, 5) is 18.4. The highest BCUT2D eigenvalue weighted by Crippen LogP contribution is 2.46. The van der Waals surface area contributed by atoms with Crippen molar-refractivity contribution in [2.75, 3.05) is 0 Å². The number of hydrogen-bond donors (Lipinski definition) is 0. The van der Waals surface area contributed by atoms with Crippen LogP contribution in [0.5, 0.6) is 0 Å². The van der Waals surface area contributed by atoms with Crippen LogP contribution in [0.25, 0.3) is 76.8 Å². The molecule has 4 heterocycles. The third-order valence-corrected chi connectivity index (χ3v) is 7.97. The zero-order valence-corrected chi connectivity index (χ0v) is 21.2. The van der Waals surface area contributed by atoms with Gasteiger partial charge in [-0.15, -0.1) is 0 Å². The number of fused-ring (bicyclic) bond motifs is 11. The molecule has 186 valence electrons. The number of rotatable bonds is 2. The van der Waals surface area contributed by atoms with Gasteiger partial charge in [0.15, 0.2) is 0 Å². The first-order valence-electron chi connectivity index (χ1n) is 13.2. The number of para-hydroxylation sites is 3. The second-order valence-electron chi connectivity index (χ2n) is 10.0. The molecule has 0 radical (unpaired) electrons. The van der Waals surface area contributed by atoms with Gasteiger partial charge in [0, 0.05) is 50.4 Å². The van der Waals surface area contributed by atoms with E-state index in [1.807, 2.05) is 18.5 Å². The number of nitrogens with zero attached hydrogens (tertiary/aromatic N) is 6. The molecule has 0 fully saturated rings. The Labute approximate surface area is 227 Å². The lowest BCUT2D eigenvalue weighted by atomic mass is 10.0. The molecule has 0 amide bonds. The lowest BCUT2D eigenvalue weighted by molar-refractivity contribution is 1.15. The number of aromatic nitrogens is 6. The second-order valence-corrected chi connectivity index (χ2v) is 10.0. The highest BCUT2D eigenvalue weighted by molar-refractivity contribution is 6.35. The Morgan fingerprint density at radius 3 is 1.95 bits per heavy atom. The van der Waals surface area contributed by atoms with Crippen LogP contribution in [0.1, 0.15) is 0 Å². The predicted molar refractivity (Wildman–Crippen MR) is 161 cm³/mol. The Morgan fingerprint density at radius 1 is 0.475 bits per heavy atom. The summed E-state index contributed by atoms with van der Waals surface area (Å²) < 4.78 is 4.76. The summed E-state index contributed by atoms with van der Waals surface area (Å²) in [6, 6.07) is 34.0. The molecule has 9 rings (SSSR count). The van der Waals surface area contributed by atoms with Crippen molar-refractivity contribution in [2.24, 2.45) is 0 Å². The van der Waals surface area contributed by atoms with Crippen molar-refractivity contribution in [3.63, 3.8) is 0 Å². The lowest BCUT2D eigenvalue weighted by Gasteiger charge is -2.14. The fourth-order valence-corrected chi connectivity index (χ4v) is 6.43. The summed E-state index contributed by atoms with van der Waals surface area (Å²) in [5.74, 6) is 0. The van der Waals surface area contributed by atoms with Gasteiger partial charge < -0.3 is 9.13 Å². The average Bonchev–Trinajstić information content (AvgIpc) is 3.55. The van der Waals surface area contributed by atoms with Gasteiger partial charge in [-0.2, -0.15) is 0 Å². The molecule has 6 nitrogen and oxygen atoms in total. The third-order valence-electron chi connectivity index (χ3n) is 7.97. The zero-order chi connectivity index (χ0) is 26.2. The maximum atomic E-state index is 4.91. The van der Waals surface area contributed by atoms with Crippen LogP contribution in [0.4, 0.5) is 0 Å². The van der Waals surface area contributed by atoms with Crippen LogP contribution >= 0.6 is 0 Å². The van der Waals surface area contributed by atoms with Gasteiger partial charge in [0.1, 0.15) is 12.7 Å². The molecule has 9 aromatic rings. The van der Waals surface area contributed by atoms with Gasteiger partial charge in [0.2, 0.25) is 0 Å². The van der Waals surface area contributed by atoms with E-state index in [1.165, 1.54) is 5.39 Å². The van der Waals surface area contributed by atoms with Crippen LogP contribution in [0, 0.1) is 0 Å². The van der Waals surface area contributed by atoms with Gasteiger partial charge in [-0.25, -0.2) is 19.9 Å². The van der Waals surface area contributed by atoms with E-state index in [0.29, 0.717) is 0 Å².